The summed E-state index contributed by atoms with van der Waals surface area (Å²) in [7, 11) is 4.12. The van der Waals surface area contributed by atoms with Gasteiger partial charge in [-0.25, -0.2) is 0 Å². The Morgan fingerprint density at radius 1 is 0.595 bits per heavy atom. The molecule has 5 rings (SSSR count). The Kier molecular flexibility index (Phi) is 10.0. The van der Waals surface area contributed by atoms with E-state index in [4.69, 9.17) is 9.47 Å². The largest absolute Gasteiger partial charge is 0.485 e. The molecule has 214 valence electrons. The maximum absolute atomic E-state index is 13.6. The van der Waals surface area contributed by atoms with Crippen molar-refractivity contribution in [3.8, 4) is 11.5 Å². The van der Waals surface area contributed by atoms with Crippen molar-refractivity contribution in [2.75, 3.05) is 14.1 Å². The second-order valence-corrected chi connectivity index (χ2v) is 11.5. The number of ether oxygens (including phenoxy) is 2. The summed E-state index contributed by atoms with van der Waals surface area (Å²) in [6, 6.07) is 38.4. The third-order valence-corrected chi connectivity index (χ3v) is 7.63. The minimum Gasteiger partial charge on any atom is -0.485 e. The molecule has 0 atom stereocenters. The van der Waals surface area contributed by atoms with Crippen molar-refractivity contribution >= 4 is 17.2 Å². The Labute approximate surface area is 252 Å². The number of carbonyl (C=O) groups excluding carboxylic acids is 1. The SMILES string of the molecule is CN(C)Cc1ccc(CN(Cc2ccc(OCc3ccccc3)c(OCc3ccccc3)c2)C(=O)c2cccs2)cc1. The molecular weight excluding hydrogens is 540 g/mol. The fraction of sp³-hybridized carbons (Fsp3) is 0.194. The second-order valence-electron chi connectivity index (χ2n) is 10.5. The number of nitrogens with zero attached hydrogens (tertiary/aromatic N) is 2. The highest BCUT2D eigenvalue weighted by molar-refractivity contribution is 7.12. The first-order valence-electron chi connectivity index (χ1n) is 14.1. The Hall–Kier alpha value is -4.39. The number of hydrogen-bond donors (Lipinski definition) is 0. The lowest BCUT2D eigenvalue weighted by Crippen LogP contribution is -2.29. The number of hydrogen-bond acceptors (Lipinski definition) is 5. The zero-order valence-electron chi connectivity index (χ0n) is 24.1. The highest BCUT2D eigenvalue weighted by Gasteiger charge is 2.19. The number of benzene rings is 4. The maximum Gasteiger partial charge on any atom is 0.264 e. The van der Waals surface area contributed by atoms with Crippen LogP contribution in [0.5, 0.6) is 11.5 Å². The lowest BCUT2D eigenvalue weighted by Gasteiger charge is -2.23. The van der Waals surface area contributed by atoms with Crippen LogP contribution in [0.4, 0.5) is 0 Å². The monoisotopic (exact) mass is 576 g/mol. The van der Waals surface area contributed by atoms with Crippen LogP contribution in [0, 0.1) is 0 Å². The zero-order valence-corrected chi connectivity index (χ0v) is 24.9. The van der Waals surface area contributed by atoms with Crippen molar-refractivity contribution < 1.29 is 14.3 Å². The molecule has 42 heavy (non-hydrogen) atoms. The molecule has 0 fully saturated rings. The molecule has 1 amide bonds. The summed E-state index contributed by atoms with van der Waals surface area (Å²) in [5, 5.41) is 1.94. The van der Waals surface area contributed by atoms with Gasteiger partial charge in [-0.15, -0.1) is 11.3 Å². The van der Waals surface area contributed by atoms with Gasteiger partial charge >= 0.3 is 0 Å². The number of rotatable bonds is 13. The van der Waals surface area contributed by atoms with Gasteiger partial charge in [-0.05, 0) is 65.5 Å². The van der Waals surface area contributed by atoms with Gasteiger partial charge in [0.15, 0.2) is 11.5 Å². The highest BCUT2D eigenvalue weighted by atomic mass is 32.1. The molecule has 5 aromatic rings. The average Bonchev–Trinajstić information content (AvgIpc) is 3.56. The van der Waals surface area contributed by atoms with E-state index in [1.807, 2.05) is 101 Å². The van der Waals surface area contributed by atoms with E-state index in [2.05, 4.69) is 43.3 Å². The Morgan fingerprint density at radius 3 is 1.71 bits per heavy atom. The van der Waals surface area contributed by atoms with Crippen LogP contribution in [0.3, 0.4) is 0 Å². The second kappa shape index (κ2) is 14.5. The third-order valence-electron chi connectivity index (χ3n) is 6.77. The van der Waals surface area contributed by atoms with E-state index in [1.54, 1.807) is 0 Å². The molecule has 0 unspecified atom stereocenters. The molecule has 1 aromatic heterocycles. The summed E-state index contributed by atoms with van der Waals surface area (Å²) in [6.07, 6.45) is 0. The van der Waals surface area contributed by atoms with E-state index >= 15 is 0 Å². The Bertz CT molecular complexity index is 1540. The number of carbonyl (C=O) groups is 1. The van der Waals surface area contributed by atoms with Crippen molar-refractivity contribution in [3.05, 3.63) is 153 Å². The van der Waals surface area contributed by atoms with Crippen LogP contribution in [0.1, 0.15) is 37.5 Å². The first-order valence-corrected chi connectivity index (χ1v) is 14.9. The molecule has 0 bridgehead atoms. The van der Waals surface area contributed by atoms with Gasteiger partial charge in [0, 0.05) is 19.6 Å². The predicted octanol–water partition coefficient (Wildman–Crippen LogP) is 7.81. The summed E-state index contributed by atoms with van der Waals surface area (Å²) in [5.41, 5.74) is 5.46. The van der Waals surface area contributed by atoms with Crippen LogP contribution in [-0.4, -0.2) is 29.8 Å². The van der Waals surface area contributed by atoms with E-state index in [0.717, 1.165) is 33.7 Å². The van der Waals surface area contributed by atoms with Crippen LogP contribution in [-0.2, 0) is 32.8 Å². The lowest BCUT2D eigenvalue weighted by atomic mass is 10.1. The van der Waals surface area contributed by atoms with Crippen LogP contribution in [0.2, 0.25) is 0 Å². The normalized spacial score (nSPS) is 10.9. The van der Waals surface area contributed by atoms with Crippen molar-refractivity contribution in [3.63, 3.8) is 0 Å². The molecule has 1 heterocycles. The topological polar surface area (TPSA) is 42.0 Å². The van der Waals surface area contributed by atoms with Crippen molar-refractivity contribution in [2.24, 2.45) is 0 Å². The fourth-order valence-electron chi connectivity index (χ4n) is 4.67. The summed E-state index contributed by atoms with van der Waals surface area (Å²) in [5.74, 6) is 1.34. The van der Waals surface area contributed by atoms with Crippen molar-refractivity contribution in [2.45, 2.75) is 32.8 Å². The van der Waals surface area contributed by atoms with Crippen molar-refractivity contribution in [1.29, 1.82) is 0 Å². The lowest BCUT2D eigenvalue weighted by molar-refractivity contribution is 0.0734. The van der Waals surface area contributed by atoms with E-state index in [1.165, 1.54) is 16.9 Å². The predicted molar refractivity (Wildman–Crippen MR) is 170 cm³/mol. The summed E-state index contributed by atoms with van der Waals surface area (Å²) < 4.78 is 12.5. The Balaban J connectivity index is 1.38. The minimum absolute atomic E-state index is 0.0125. The third kappa shape index (κ3) is 8.32. The molecule has 0 N–H and O–H groups in total. The number of thiophene rings is 1. The van der Waals surface area contributed by atoms with E-state index in [-0.39, 0.29) is 5.91 Å². The fourth-order valence-corrected chi connectivity index (χ4v) is 5.36. The molecule has 0 spiro atoms. The first kappa shape index (κ1) is 29.1. The minimum atomic E-state index is 0.0125. The summed E-state index contributed by atoms with van der Waals surface area (Å²) in [6.45, 7) is 2.68. The molecule has 0 aliphatic heterocycles. The van der Waals surface area contributed by atoms with Crippen LogP contribution >= 0.6 is 11.3 Å². The van der Waals surface area contributed by atoms with E-state index in [9.17, 15) is 4.79 Å². The molecule has 6 heteroatoms. The van der Waals surface area contributed by atoms with Gasteiger partial charge in [0.05, 0.1) is 4.88 Å². The maximum atomic E-state index is 13.6. The van der Waals surface area contributed by atoms with E-state index < -0.39 is 0 Å². The molecular formula is C36H36N2O3S. The molecule has 0 radical (unpaired) electrons. The van der Waals surface area contributed by atoms with Gasteiger partial charge < -0.3 is 19.3 Å². The molecule has 5 nitrogen and oxygen atoms in total. The first-order chi connectivity index (χ1) is 20.5. The van der Waals surface area contributed by atoms with Gasteiger partial charge in [0.1, 0.15) is 13.2 Å². The van der Waals surface area contributed by atoms with Crippen LogP contribution in [0.25, 0.3) is 0 Å². The molecule has 4 aromatic carbocycles. The van der Waals surface area contributed by atoms with Gasteiger partial charge in [0.25, 0.3) is 5.91 Å². The summed E-state index contributed by atoms with van der Waals surface area (Å²) in [4.78, 5) is 18.4. The zero-order chi connectivity index (χ0) is 29.1. The van der Waals surface area contributed by atoms with Gasteiger partial charge in [-0.1, -0.05) is 97.1 Å². The van der Waals surface area contributed by atoms with Gasteiger partial charge in [-0.3, -0.25) is 4.79 Å². The standard InChI is InChI=1S/C36H36N2O3S/c1-37(2)23-28-15-17-29(18-16-28)24-38(36(39)35-14-9-21-42-35)25-32-19-20-33(40-26-30-10-5-3-6-11-30)34(22-32)41-27-31-12-7-4-8-13-31/h3-22H,23-27H2,1-2H3. The van der Waals surface area contributed by atoms with Crippen LogP contribution < -0.4 is 9.47 Å². The van der Waals surface area contributed by atoms with E-state index in [0.29, 0.717) is 37.8 Å². The average molecular weight is 577 g/mol. The van der Waals surface area contributed by atoms with Crippen LogP contribution in [0.15, 0.2) is 121 Å². The highest BCUT2D eigenvalue weighted by Crippen LogP contribution is 2.31. The molecule has 0 aliphatic carbocycles. The van der Waals surface area contributed by atoms with Gasteiger partial charge in [0.2, 0.25) is 0 Å². The smallest absolute Gasteiger partial charge is 0.264 e. The Morgan fingerprint density at radius 2 is 1.14 bits per heavy atom. The molecule has 0 saturated heterocycles. The van der Waals surface area contributed by atoms with Crippen molar-refractivity contribution in [1.82, 2.24) is 9.80 Å². The van der Waals surface area contributed by atoms with Gasteiger partial charge in [-0.2, -0.15) is 0 Å². The summed E-state index contributed by atoms with van der Waals surface area (Å²) >= 11 is 1.46. The number of amides is 1. The quantitative estimate of drug-likeness (QED) is 0.143. The molecule has 0 aliphatic rings. The molecule has 0 saturated carbocycles.